The highest BCUT2D eigenvalue weighted by atomic mass is 32.2. The van der Waals surface area contributed by atoms with Crippen LogP contribution in [0.3, 0.4) is 0 Å². The molecule has 1 aliphatic rings. The van der Waals surface area contributed by atoms with E-state index in [0.717, 1.165) is 5.69 Å². The second kappa shape index (κ2) is 6.46. The van der Waals surface area contributed by atoms with Gasteiger partial charge in [-0.2, -0.15) is 4.31 Å². The van der Waals surface area contributed by atoms with Crippen LogP contribution in [0.4, 0.5) is 0 Å². The van der Waals surface area contributed by atoms with Crippen molar-refractivity contribution >= 4 is 21.4 Å². The number of thiophene rings is 1. The molecule has 0 saturated carbocycles. The number of aromatic nitrogens is 1. The van der Waals surface area contributed by atoms with Gasteiger partial charge in [-0.1, -0.05) is 0 Å². The van der Waals surface area contributed by atoms with E-state index in [4.69, 9.17) is 9.47 Å². The summed E-state index contributed by atoms with van der Waals surface area (Å²) >= 11 is 1.17. The molecule has 1 fully saturated rings. The van der Waals surface area contributed by atoms with E-state index in [1.807, 2.05) is 19.1 Å². The average molecular weight is 354 g/mol. The molecule has 8 heteroatoms. The van der Waals surface area contributed by atoms with Gasteiger partial charge in [0.1, 0.15) is 17.6 Å². The lowest BCUT2D eigenvalue weighted by molar-refractivity contribution is 0.214. The molecule has 1 saturated heterocycles. The Kier molecular flexibility index (Phi) is 4.56. The van der Waals surface area contributed by atoms with Gasteiger partial charge in [-0.15, -0.1) is 11.3 Å². The van der Waals surface area contributed by atoms with Gasteiger partial charge >= 0.3 is 0 Å². The van der Waals surface area contributed by atoms with Crippen molar-refractivity contribution in [2.45, 2.75) is 23.7 Å². The summed E-state index contributed by atoms with van der Waals surface area (Å²) in [5.74, 6) is 1.05. The zero-order valence-electron chi connectivity index (χ0n) is 12.9. The van der Waals surface area contributed by atoms with E-state index in [0.29, 0.717) is 31.0 Å². The largest absolute Gasteiger partial charge is 0.494 e. The smallest absolute Gasteiger partial charge is 0.256 e. The quantitative estimate of drug-likeness (QED) is 0.824. The predicted octanol–water partition coefficient (Wildman–Crippen LogP) is 2.30. The van der Waals surface area contributed by atoms with Crippen LogP contribution in [0.5, 0.6) is 11.5 Å². The summed E-state index contributed by atoms with van der Waals surface area (Å²) in [6.45, 7) is 2.67. The summed E-state index contributed by atoms with van der Waals surface area (Å²) in [7, 11) is -2.07. The fraction of sp³-hybridized carbons (Fsp3) is 0.400. The Labute approximate surface area is 139 Å². The number of hydrogen-bond acceptors (Lipinski definition) is 6. The van der Waals surface area contributed by atoms with Crippen LogP contribution in [0.1, 0.15) is 12.1 Å². The third-order valence-corrected chi connectivity index (χ3v) is 6.97. The van der Waals surface area contributed by atoms with Crippen molar-refractivity contribution in [1.82, 2.24) is 9.29 Å². The number of nitrogens with zero attached hydrogens (tertiary/aromatic N) is 2. The van der Waals surface area contributed by atoms with Gasteiger partial charge in [0.2, 0.25) is 0 Å². The normalized spacial score (nSPS) is 19.0. The molecule has 0 aliphatic carbocycles. The van der Waals surface area contributed by atoms with E-state index in [1.165, 1.54) is 22.8 Å². The molecule has 1 atom stereocenters. The first kappa shape index (κ1) is 16.2. The summed E-state index contributed by atoms with van der Waals surface area (Å²) in [5.41, 5.74) is 0.915. The van der Waals surface area contributed by atoms with E-state index in [-0.39, 0.29) is 10.3 Å². The number of aryl methyl sites for hydroxylation is 1. The van der Waals surface area contributed by atoms with Gasteiger partial charge in [0.05, 0.1) is 19.9 Å². The molecule has 0 amide bonds. The second-order valence-electron chi connectivity index (χ2n) is 5.30. The maximum atomic E-state index is 12.7. The zero-order valence-corrected chi connectivity index (χ0v) is 14.6. The molecule has 0 aromatic carbocycles. The summed E-state index contributed by atoms with van der Waals surface area (Å²) < 4.78 is 38.1. The van der Waals surface area contributed by atoms with Crippen molar-refractivity contribution in [3.05, 3.63) is 35.5 Å². The van der Waals surface area contributed by atoms with Crippen LogP contribution >= 0.6 is 11.3 Å². The minimum Gasteiger partial charge on any atom is -0.494 e. The number of rotatable bonds is 5. The lowest BCUT2D eigenvalue weighted by Gasteiger charge is -2.17. The van der Waals surface area contributed by atoms with Gasteiger partial charge in [0.25, 0.3) is 10.0 Å². The van der Waals surface area contributed by atoms with Gasteiger partial charge in [-0.05, 0) is 36.9 Å². The van der Waals surface area contributed by atoms with E-state index in [2.05, 4.69) is 4.98 Å². The number of sulfonamides is 1. The van der Waals surface area contributed by atoms with Crippen LogP contribution in [-0.2, 0) is 10.0 Å². The van der Waals surface area contributed by atoms with Crippen molar-refractivity contribution in [2.75, 3.05) is 20.2 Å². The molecule has 3 rings (SSSR count). The number of pyridine rings is 1. The van der Waals surface area contributed by atoms with Gasteiger partial charge in [0.15, 0.2) is 4.21 Å². The summed E-state index contributed by atoms with van der Waals surface area (Å²) in [6, 6.07) is 5.39. The lowest BCUT2D eigenvalue weighted by Crippen LogP contribution is -2.30. The Balaban J connectivity index is 1.70. The predicted molar refractivity (Wildman–Crippen MR) is 87.6 cm³/mol. The van der Waals surface area contributed by atoms with E-state index in [9.17, 15) is 8.42 Å². The minimum absolute atomic E-state index is 0.166. The molecule has 3 heterocycles. The van der Waals surface area contributed by atoms with Crippen molar-refractivity contribution in [3.63, 3.8) is 0 Å². The molecule has 2 aromatic rings. The van der Waals surface area contributed by atoms with Crippen LogP contribution in [0, 0.1) is 6.92 Å². The SMILES string of the molecule is COc1ccsc1S(=O)(=O)N1CC[C@@H](Oc2ccc(C)nc2)C1. The third-order valence-electron chi connectivity index (χ3n) is 3.68. The van der Waals surface area contributed by atoms with E-state index in [1.54, 1.807) is 17.6 Å². The van der Waals surface area contributed by atoms with Crippen molar-refractivity contribution < 1.29 is 17.9 Å². The second-order valence-corrected chi connectivity index (χ2v) is 8.35. The molecule has 0 radical (unpaired) electrons. The molecule has 1 aliphatic heterocycles. The fourth-order valence-electron chi connectivity index (χ4n) is 2.47. The number of methoxy groups -OCH3 is 1. The maximum absolute atomic E-state index is 12.7. The highest BCUT2D eigenvalue weighted by molar-refractivity contribution is 7.91. The topological polar surface area (TPSA) is 68.7 Å². The molecular formula is C15H18N2O4S2. The molecule has 0 N–H and O–H groups in total. The average Bonchev–Trinajstić information content (AvgIpc) is 3.19. The lowest BCUT2D eigenvalue weighted by atomic mass is 10.3. The molecule has 0 bridgehead atoms. The Morgan fingerprint density at radius 2 is 2.17 bits per heavy atom. The van der Waals surface area contributed by atoms with Crippen LogP contribution in [0.25, 0.3) is 0 Å². The van der Waals surface area contributed by atoms with Crippen molar-refractivity contribution in [1.29, 1.82) is 0 Å². The first-order chi connectivity index (χ1) is 11.0. The highest BCUT2D eigenvalue weighted by Crippen LogP contribution is 2.33. The summed E-state index contributed by atoms with van der Waals surface area (Å²) in [4.78, 5) is 4.18. The molecule has 0 spiro atoms. The Morgan fingerprint density at radius 1 is 1.35 bits per heavy atom. The van der Waals surface area contributed by atoms with E-state index >= 15 is 0 Å². The van der Waals surface area contributed by atoms with Crippen molar-refractivity contribution in [3.8, 4) is 11.5 Å². The van der Waals surface area contributed by atoms with Crippen LogP contribution in [0.15, 0.2) is 34.0 Å². The standard InChI is InChI=1S/C15H18N2O4S2/c1-11-3-4-12(9-16-11)21-13-5-7-17(10-13)23(18,19)15-14(20-2)6-8-22-15/h3-4,6,8-9,13H,5,7,10H2,1-2H3/t13-/m1/s1. The summed E-state index contributed by atoms with van der Waals surface area (Å²) in [5, 5.41) is 1.72. The first-order valence-electron chi connectivity index (χ1n) is 7.21. The van der Waals surface area contributed by atoms with Crippen molar-refractivity contribution in [2.24, 2.45) is 0 Å². The van der Waals surface area contributed by atoms with E-state index < -0.39 is 10.0 Å². The van der Waals surface area contributed by atoms with Gasteiger partial charge in [-0.3, -0.25) is 4.98 Å². The molecular weight excluding hydrogens is 336 g/mol. The summed E-state index contributed by atoms with van der Waals surface area (Å²) in [6.07, 6.45) is 2.15. The molecule has 6 nitrogen and oxygen atoms in total. The molecule has 124 valence electrons. The van der Waals surface area contributed by atoms with Gasteiger partial charge in [0, 0.05) is 12.2 Å². The van der Waals surface area contributed by atoms with Crippen LogP contribution in [-0.4, -0.2) is 44.0 Å². The van der Waals surface area contributed by atoms with Gasteiger partial charge < -0.3 is 9.47 Å². The Morgan fingerprint density at radius 3 is 2.87 bits per heavy atom. The van der Waals surface area contributed by atoms with Crippen LogP contribution < -0.4 is 9.47 Å². The Hall–Kier alpha value is -1.64. The highest BCUT2D eigenvalue weighted by Gasteiger charge is 2.36. The molecule has 2 aromatic heterocycles. The minimum atomic E-state index is -3.54. The number of ether oxygens (including phenoxy) is 2. The maximum Gasteiger partial charge on any atom is 0.256 e. The molecule has 23 heavy (non-hydrogen) atoms. The zero-order chi connectivity index (χ0) is 16.4. The first-order valence-corrected chi connectivity index (χ1v) is 9.53. The Bertz CT molecular complexity index is 771. The van der Waals surface area contributed by atoms with Crippen LogP contribution in [0.2, 0.25) is 0 Å². The fourth-order valence-corrected chi connectivity index (χ4v) is 5.37. The monoisotopic (exact) mass is 354 g/mol. The third kappa shape index (κ3) is 3.34. The number of hydrogen-bond donors (Lipinski definition) is 0. The van der Waals surface area contributed by atoms with Gasteiger partial charge in [-0.25, -0.2) is 8.42 Å². The molecule has 0 unspecified atom stereocenters.